The summed E-state index contributed by atoms with van der Waals surface area (Å²) in [5, 5.41) is 6.85. The highest BCUT2D eigenvalue weighted by Crippen LogP contribution is 2.49. The first-order valence-electron chi connectivity index (χ1n) is 19.3. The molecular formula is C52H32N4O. The zero-order valence-electron chi connectivity index (χ0n) is 30.7. The minimum atomic E-state index is 0.683. The van der Waals surface area contributed by atoms with E-state index in [9.17, 15) is 0 Å². The number of benzene rings is 8. The number of rotatable bonds is 5. The first-order chi connectivity index (χ1) is 28.3. The first-order valence-corrected chi connectivity index (χ1v) is 19.3. The van der Waals surface area contributed by atoms with Gasteiger partial charge in [0.2, 0.25) is 0 Å². The predicted molar refractivity (Wildman–Crippen MR) is 234 cm³/mol. The third-order valence-electron chi connectivity index (χ3n) is 11.3. The van der Waals surface area contributed by atoms with Crippen molar-refractivity contribution < 1.29 is 4.42 Å². The number of furan rings is 1. The second kappa shape index (κ2) is 12.4. The molecule has 0 radical (unpaired) electrons. The lowest BCUT2D eigenvalue weighted by Crippen LogP contribution is -1.99. The van der Waals surface area contributed by atoms with Gasteiger partial charge >= 0.3 is 0 Å². The summed E-state index contributed by atoms with van der Waals surface area (Å²) in [6, 6.07) is 68.0. The lowest BCUT2D eigenvalue weighted by atomic mass is 10.0. The highest BCUT2D eigenvalue weighted by molar-refractivity contribution is 6.39. The third kappa shape index (κ3) is 4.76. The van der Waals surface area contributed by atoms with Crippen molar-refractivity contribution in [3.8, 4) is 45.3 Å². The predicted octanol–water partition coefficient (Wildman–Crippen LogP) is 13.6. The van der Waals surface area contributed by atoms with Crippen LogP contribution in [0, 0.1) is 0 Å². The van der Waals surface area contributed by atoms with Gasteiger partial charge in [0, 0.05) is 55.0 Å². The summed E-state index contributed by atoms with van der Waals surface area (Å²) in [5.74, 6) is 0.683. The van der Waals surface area contributed by atoms with Crippen LogP contribution < -0.4 is 0 Å². The second-order valence-corrected chi connectivity index (χ2v) is 14.5. The van der Waals surface area contributed by atoms with Gasteiger partial charge in [-0.3, -0.25) is 0 Å². The van der Waals surface area contributed by atoms with E-state index in [4.69, 9.17) is 14.4 Å². The van der Waals surface area contributed by atoms with Crippen molar-refractivity contribution in [2.24, 2.45) is 0 Å². The van der Waals surface area contributed by atoms with Crippen LogP contribution >= 0.6 is 0 Å². The third-order valence-corrected chi connectivity index (χ3v) is 11.3. The fraction of sp³-hybridized carbons (Fsp3) is 0. The SMILES string of the molecule is c1ccc(-c2cc(-c3ccccc3)nc(-c3ccc(-n4c5ccccc5c5c6c7ccccc7oc6c6c7ccccc7n(-c7ccccc7)c6c54)cc3)n2)cc1. The lowest BCUT2D eigenvalue weighted by molar-refractivity contribution is 0.673. The molecule has 12 rings (SSSR count). The van der Waals surface area contributed by atoms with Gasteiger partial charge in [0.15, 0.2) is 5.82 Å². The molecule has 5 heteroatoms. The molecule has 4 aromatic heterocycles. The van der Waals surface area contributed by atoms with Crippen LogP contribution in [-0.2, 0) is 0 Å². The van der Waals surface area contributed by atoms with Crippen molar-refractivity contribution in [3.05, 3.63) is 194 Å². The minimum Gasteiger partial charge on any atom is -0.455 e. The summed E-state index contributed by atoms with van der Waals surface area (Å²) in [7, 11) is 0. The molecule has 0 aliphatic rings. The number of para-hydroxylation sites is 4. The molecule has 0 saturated heterocycles. The van der Waals surface area contributed by atoms with Gasteiger partial charge in [-0.05, 0) is 60.7 Å². The standard InChI is InChI=1S/C52H32N4O/c1-4-16-33(17-5-1)41-32-42(34-18-6-2-7-19-34)54-52(53-41)35-28-30-37(31-29-35)56-43-25-13-10-22-38(43)46-47-40-24-12-15-27-45(40)57-51(47)48-39-23-11-14-26-44(39)55(50(48)49(46)56)36-20-8-3-9-21-36/h1-32H. The maximum Gasteiger partial charge on any atom is 0.160 e. The van der Waals surface area contributed by atoms with Crippen LogP contribution in [0.3, 0.4) is 0 Å². The van der Waals surface area contributed by atoms with Gasteiger partial charge in [0.25, 0.3) is 0 Å². The number of hydrogen-bond donors (Lipinski definition) is 0. The highest BCUT2D eigenvalue weighted by atomic mass is 16.3. The summed E-state index contributed by atoms with van der Waals surface area (Å²) in [6.07, 6.45) is 0. The van der Waals surface area contributed by atoms with Crippen molar-refractivity contribution in [2.75, 3.05) is 0 Å². The molecule has 0 saturated carbocycles. The van der Waals surface area contributed by atoms with E-state index in [2.05, 4.69) is 167 Å². The highest BCUT2D eigenvalue weighted by Gasteiger charge is 2.27. The lowest BCUT2D eigenvalue weighted by Gasteiger charge is -2.14. The molecule has 0 unspecified atom stereocenters. The zero-order valence-corrected chi connectivity index (χ0v) is 30.7. The topological polar surface area (TPSA) is 48.8 Å². The molecule has 0 atom stereocenters. The first kappa shape index (κ1) is 31.6. The van der Waals surface area contributed by atoms with Gasteiger partial charge in [-0.25, -0.2) is 9.97 Å². The molecule has 8 aromatic carbocycles. The molecule has 0 aliphatic heterocycles. The van der Waals surface area contributed by atoms with E-state index >= 15 is 0 Å². The maximum atomic E-state index is 6.91. The summed E-state index contributed by atoms with van der Waals surface area (Å²) in [5.41, 5.74) is 13.2. The number of fused-ring (bicyclic) bond motifs is 12. The van der Waals surface area contributed by atoms with Gasteiger partial charge in [-0.1, -0.05) is 133 Å². The van der Waals surface area contributed by atoms with E-state index in [-0.39, 0.29) is 0 Å². The van der Waals surface area contributed by atoms with Crippen molar-refractivity contribution in [3.63, 3.8) is 0 Å². The van der Waals surface area contributed by atoms with Crippen LogP contribution in [0.1, 0.15) is 0 Å². The molecule has 4 heterocycles. The smallest absolute Gasteiger partial charge is 0.160 e. The van der Waals surface area contributed by atoms with E-state index in [1.54, 1.807) is 0 Å². The van der Waals surface area contributed by atoms with Crippen LogP contribution in [0.15, 0.2) is 199 Å². The van der Waals surface area contributed by atoms with E-state index in [0.29, 0.717) is 5.82 Å². The Morgan fingerprint density at radius 3 is 1.46 bits per heavy atom. The molecular weight excluding hydrogens is 697 g/mol. The molecule has 57 heavy (non-hydrogen) atoms. The second-order valence-electron chi connectivity index (χ2n) is 14.5. The fourth-order valence-corrected chi connectivity index (χ4v) is 8.84. The van der Waals surface area contributed by atoms with Gasteiger partial charge in [-0.2, -0.15) is 0 Å². The van der Waals surface area contributed by atoms with E-state index in [1.165, 1.54) is 10.8 Å². The van der Waals surface area contributed by atoms with Crippen molar-refractivity contribution in [1.29, 1.82) is 0 Å². The van der Waals surface area contributed by atoms with Gasteiger partial charge < -0.3 is 13.6 Å². The average molecular weight is 729 g/mol. The van der Waals surface area contributed by atoms with Gasteiger partial charge in [0.05, 0.1) is 38.8 Å². The van der Waals surface area contributed by atoms with Gasteiger partial charge in [0.1, 0.15) is 11.2 Å². The Bertz CT molecular complexity index is 3430. The molecule has 0 fully saturated rings. The Morgan fingerprint density at radius 1 is 0.368 bits per heavy atom. The molecule has 0 aliphatic carbocycles. The van der Waals surface area contributed by atoms with Crippen molar-refractivity contribution >= 4 is 65.6 Å². The maximum absolute atomic E-state index is 6.91. The van der Waals surface area contributed by atoms with Crippen LogP contribution in [0.5, 0.6) is 0 Å². The minimum absolute atomic E-state index is 0.683. The quantitative estimate of drug-likeness (QED) is 0.177. The largest absolute Gasteiger partial charge is 0.455 e. The van der Waals surface area contributed by atoms with Crippen LogP contribution in [0.2, 0.25) is 0 Å². The molecule has 12 aromatic rings. The fourth-order valence-electron chi connectivity index (χ4n) is 8.84. The Kier molecular flexibility index (Phi) is 6.86. The van der Waals surface area contributed by atoms with Gasteiger partial charge in [-0.15, -0.1) is 0 Å². The molecule has 0 spiro atoms. The Hall–Kier alpha value is -7.76. The van der Waals surface area contributed by atoms with Crippen LogP contribution in [-0.4, -0.2) is 19.1 Å². The molecule has 0 amide bonds. The van der Waals surface area contributed by atoms with Crippen LogP contribution in [0.25, 0.3) is 111 Å². The van der Waals surface area contributed by atoms with Crippen LogP contribution in [0.4, 0.5) is 0 Å². The van der Waals surface area contributed by atoms with E-state index in [1.807, 2.05) is 36.4 Å². The molecule has 5 nitrogen and oxygen atoms in total. The number of aromatic nitrogens is 4. The molecule has 0 bridgehead atoms. The van der Waals surface area contributed by atoms with Crippen molar-refractivity contribution in [1.82, 2.24) is 19.1 Å². The Labute approximate surface area is 327 Å². The summed E-state index contributed by atoms with van der Waals surface area (Å²) >= 11 is 0. The summed E-state index contributed by atoms with van der Waals surface area (Å²) in [6.45, 7) is 0. The molecule has 266 valence electrons. The summed E-state index contributed by atoms with van der Waals surface area (Å²) in [4.78, 5) is 10.3. The van der Waals surface area contributed by atoms with E-state index in [0.717, 1.165) is 94.2 Å². The summed E-state index contributed by atoms with van der Waals surface area (Å²) < 4.78 is 11.8. The van der Waals surface area contributed by atoms with Crippen molar-refractivity contribution in [2.45, 2.75) is 0 Å². The normalized spacial score (nSPS) is 11.9. The Balaban J connectivity index is 1.17. The monoisotopic (exact) mass is 728 g/mol. The number of nitrogens with zero attached hydrogens (tertiary/aromatic N) is 4. The average Bonchev–Trinajstić information content (AvgIpc) is 3.95. The van der Waals surface area contributed by atoms with E-state index < -0.39 is 0 Å². The Morgan fingerprint density at radius 2 is 0.842 bits per heavy atom. The molecule has 0 N–H and O–H groups in total. The zero-order chi connectivity index (χ0) is 37.5. The number of hydrogen-bond acceptors (Lipinski definition) is 3.